The molecule has 0 fully saturated rings. The number of ether oxygens (including phenoxy) is 2. The molecule has 0 spiro atoms. The van der Waals surface area contributed by atoms with Gasteiger partial charge in [0, 0.05) is 11.6 Å². The van der Waals surface area contributed by atoms with Crippen LogP contribution >= 0.6 is 11.6 Å². The zero-order valence-electron chi connectivity index (χ0n) is 18.4. The van der Waals surface area contributed by atoms with Gasteiger partial charge in [0.25, 0.3) is 5.91 Å². The third-order valence-corrected chi connectivity index (χ3v) is 5.03. The van der Waals surface area contributed by atoms with Crippen LogP contribution in [0.3, 0.4) is 0 Å². The van der Waals surface area contributed by atoms with Crippen LogP contribution in [0.25, 0.3) is 6.08 Å². The summed E-state index contributed by atoms with van der Waals surface area (Å²) in [5.74, 6) is -0.789. The van der Waals surface area contributed by atoms with E-state index in [4.69, 9.17) is 21.1 Å². The van der Waals surface area contributed by atoms with Crippen molar-refractivity contribution in [3.8, 4) is 17.2 Å². The molecule has 1 aliphatic rings. The Morgan fingerprint density at radius 2 is 1.67 bits per heavy atom. The lowest BCUT2D eigenvalue weighted by Crippen LogP contribution is -2.24. The molecule has 2 heterocycles. The van der Waals surface area contributed by atoms with E-state index in [0.29, 0.717) is 23.5 Å². The van der Waals surface area contributed by atoms with Crippen LogP contribution < -0.4 is 14.5 Å². The van der Waals surface area contributed by atoms with E-state index in [9.17, 15) is 23.1 Å². The van der Waals surface area contributed by atoms with Gasteiger partial charge >= 0.3 is 6.18 Å². The number of anilines is 1. The SMILES string of the molecule is COc1cc(/C=C2\C(=O)N(c3ncc(C(F)(F)F)cc3Cl)N=C2C(C)(C)C)cc(OC)c1O. The van der Waals surface area contributed by atoms with Gasteiger partial charge in [-0.1, -0.05) is 32.4 Å². The minimum atomic E-state index is -4.63. The molecule has 0 bridgehead atoms. The Labute approximate surface area is 193 Å². The number of aromatic hydroxyl groups is 1. The fourth-order valence-corrected chi connectivity index (χ4v) is 3.39. The number of benzene rings is 1. The Kier molecular flexibility index (Phi) is 6.34. The van der Waals surface area contributed by atoms with E-state index < -0.39 is 23.1 Å². The standard InChI is InChI=1S/C22H21ClF3N3O4/c1-21(2,3)18-13(6-11-7-15(32-4)17(30)16(8-11)33-5)20(31)29(28-18)19-14(23)9-12(10-27-19)22(24,25)26/h6-10,30H,1-5H3/b13-6-. The lowest BCUT2D eigenvalue weighted by atomic mass is 9.85. The number of hydrazone groups is 1. The first-order valence-corrected chi connectivity index (χ1v) is 9.99. The number of phenols is 1. The predicted octanol–water partition coefficient (Wildman–Crippen LogP) is 5.31. The molecule has 2 aromatic rings. The summed E-state index contributed by atoms with van der Waals surface area (Å²) in [6.07, 6.45) is -2.51. The van der Waals surface area contributed by atoms with Gasteiger partial charge in [-0.3, -0.25) is 4.79 Å². The second kappa shape index (κ2) is 8.58. The molecule has 0 radical (unpaired) electrons. The number of amides is 1. The van der Waals surface area contributed by atoms with Crippen molar-refractivity contribution in [2.45, 2.75) is 26.9 Å². The monoisotopic (exact) mass is 483 g/mol. The molecule has 0 saturated heterocycles. The highest BCUT2D eigenvalue weighted by Gasteiger charge is 2.39. The minimum Gasteiger partial charge on any atom is -0.502 e. The zero-order chi connectivity index (χ0) is 24.7. The molecule has 3 rings (SSSR count). The summed E-state index contributed by atoms with van der Waals surface area (Å²) in [6.45, 7) is 5.49. The average molecular weight is 484 g/mol. The lowest BCUT2D eigenvalue weighted by Gasteiger charge is -2.18. The quantitative estimate of drug-likeness (QED) is 0.596. The Morgan fingerprint density at radius 1 is 1.09 bits per heavy atom. The van der Waals surface area contributed by atoms with Crippen molar-refractivity contribution in [1.82, 2.24) is 4.98 Å². The van der Waals surface area contributed by atoms with Gasteiger partial charge in [0.05, 0.1) is 36.1 Å². The van der Waals surface area contributed by atoms with Crippen molar-refractivity contribution in [2.24, 2.45) is 10.5 Å². The summed E-state index contributed by atoms with van der Waals surface area (Å²) < 4.78 is 49.2. The molecule has 1 amide bonds. The normalized spacial score (nSPS) is 15.8. The van der Waals surface area contributed by atoms with Crippen LogP contribution in [-0.4, -0.2) is 35.9 Å². The van der Waals surface area contributed by atoms with Crippen LogP contribution in [0.4, 0.5) is 19.0 Å². The first kappa shape index (κ1) is 24.4. The van der Waals surface area contributed by atoms with Gasteiger partial charge in [-0.15, -0.1) is 0 Å². The van der Waals surface area contributed by atoms with Gasteiger partial charge in [0.1, 0.15) is 0 Å². The molecule has 1 aromatic carbocycles. The van der Waals surface area contributed by atoms with Crippen molar-refractivity contribution in [3.63, 3.8) is 0 Å². The Bertz CT molecular complexity index is 1150. The molecule has 11 heteroatoms. The maximum Gasteiger partial charge on any atom is 0.417 e. The van der Waals surface area contributed by atoms with Crippen molar-refractivity contribution < 1.29 is 32.5 Å². The van der Waals surface area contributed by atoms with Crippen molar-refractivity contribution in [2.75, 3.05) is 19.2 Å². The van der Waals surface area contributed by atoms with Gasteiger partial charge < -0.3 is 14.6 Å². The van der Waals surface area contributed by atoms with Crippen molar-refractivity contribution >= 4 is 35.1 Å². The molecule has 176 valence electrons. The zero-order valence-corrected chi connectivity index (χ0v) is 19.2. The molecule has 1 aliphatic heterocycles. The predicted molar refractivity (Wildman–Crippen MR) is 118 cm³/mol. The van der Waals surface area contributed by atoms with Gasteiger partial charge in [0.2, 0.25) is 5.75 Å². The second-order valence-electron chi connectivity index (χ2n) is 8.17. The first-order valence-electron chi connectivity index (χ1n) is 9.61. The number of alkyl halides is 3. The molecule has 0 unspecified atom stereocenters. The number of carbonyl (C=O) groups is 1. The fraction of sp³-hybridized carbons (Fsp3) is 0.318. The summed E-state index contributed by atoms with van der Waals surface area (Å²) >= 11 is 6.04. The van der Waals surface area contributed by atoms with E-state index in [1.807, 2.05) is 20.8 Å². The average Bonchev–Trinajstić information content (AvgIpc) is 3.04. The number of rotatable bonds is 4. The topological polar surface area (TPSA) is 84.2 Å². The number of halogens is 4. The van der Waals surface area contributed by atoms with Crippen molar-refractivity contribution in [3.05, 3.63) is 46.1 Å². The third-order valence-electron chi connectivity index (χ3n) is 4.75. The van der Waals surface area contributed by atoms with Crippen LogP contribution in [0.15, 0.2) is 35.1 Å². The largest absolute Gasteiger partial charge is 0.502 e. The number of phenolic OH excluding ortho intramolecular Hbond substituents is 1. The third kappa shape index (κ3) is 4.75. The minimum absolute atomic E-state index is 0.130. The number of aromatic nitrogens is 1. The highest BCUT2D eigenvalue weighted by atomic mass is 35.5. The van der Waals surface area contributed by atoms with E-state index in [1.54, 1.807) is 0 Å². The number of pyridine rings is 1. The summed E-state index contributed by atoms with van der Waals surface area (Å²) in [5, 5.41) is 15.0. The number of hydrogen-bond acceptors (Lipinski definition) is 6. The summed E-state index contributed by atoms with van der Waals surface area (Å²) in [5.41, 5.74) is -0.636. The lowest BCUT2D eigenvalue weighted by molar-refractivity contribution is -0.137. The number of methoxy groups -OCH3 is 2. The van der Waals surface area contributed by atoms with Gasteiger partial charge in [-0.25, -0.2) is 4.98 Å². The second-order valence-corrected chi connectivity index (χ2v) is 8.58. The summed E-state index contributed by atoms with van der Waals surface area (Å²) in [7, 11) is 2.74. The Morgan fingerprint density at radius 3 is 2.12 bits per heavy atom. The molecule has 1 aromatic heterocycles. The summed E-state index contributed by atoms with van der Waals surface area (Å²) in [4.78, 5) is 17.0. The van der Waals surface area contributed by atoms with Gasteiger partial charge in [-0.2, -0.15) is 23.3 Å². The van der Waals surface area contributed by atoms with Crippen LogP contribution in [0, 0.1) is 5.41 Å². The molecule has 7 nitrogen and oxygen atoms in total. The van der Waals surface area contributed by atoms with Crippen LogP contribution in [0.5, 0.6) is 17.2 Å². The molecule has 0 atom stereocenters. The molecular weight excluding hydrogens is 463 g/mol. The van der Waals surface area contributed by atoms with Crippen LogP contribution in [-0.2, 0) is 11.0 Å². The van der Waals surface area contributed by atoms with E-state index in [0.717, 1.165) is 5.01 Å². The molecule has 0 aliphatic carbocycles. The van der Waals surface area contributed by atoms with Crippen molar-refractivity contribution in [1.29, 1.82) is 0 Å². The highest BCUT2D eigenvalue weighted by Crippen LogP contribution is 2.40. The number of hydrogen-bond donors (Lipinski definition) is 1. The van der Waals surface area contributed by atoms with Crippen LogP contribution in [0.2, 0.25) is 5.02 Å². The highest BCUT2D eigenvalue weighted by molar-refractivity contribution is 6.37. The maximum absolute atomic E-state index is 13.3. The number of carbonyl (C=O) groups excluding carboxylic acids is 1. The summed E-state index contributed by atoms with van der Waals surface area (Å²) in [6, 6.07) is 3.70. The first-order chi connectivity index (χ1) is 15.3. The van der Waals surface area contributed by atoms with Gasteiger partial charge in [0.15, 0.2) is 17.3 Å². The molecular formula is C22H21ClF3N3O4. The maximum atomic E-state index is 13.3. The van der Waals surface area contributed by atoms with E-state index in [2.05, 4.69) is 10.1 Å². The smallest absolute Gasteiger partial charge is 0.417 e. The van der Waals surface area contributed by atoms with E-state index in [1.165, 1.54) is 32.4 Å². The number of nitrogens with zero attached hydrogens (tertiary/aromatic N) is 3. The van der Waals surface area contributed by atoms with Gasteiger partial charge in [-0.05, 0) is 29.8 Å². The van der Waals surface area contributed by atoms with E-state index >= 15 is 0 Å². The molecule has 0 saturated carbocycles. The van der Waals surface area contributed by atoms with Crippen LogP contribution in [0.1, 0.15) is 31.9 Å². The molecule has 1 N–H and O–H groups in total. The molecule has 33 heavy (non-hydrogen) atoms. The Balaban J connectivity index is 2.12. The Hall–Kier alpha value is -3.27. The fourth-order valence-electron chi connectivity index (χ4n) is 3.15. The van der Waals surface area contributed by atoms with E-state index in [-0.39, 0.29) is 33.7 Å².